The van der Waals surface area contributed by atoms with Crippen LogP contribution in [0.25, 0.3) is 0 Å². The number of benzene rings is 2. The largest absolute Gasteiger partial charge is 0.296 e. The predicted molar refractivity (Wildman–Crippen MR) is 126 cm³/mol. The third kappa shape index (κ3) is 2.79. The van der Waals surface area contributed by atoms with E-state index >= 15 is 0 Å². The molecule has 7 unspecified atom stereocenters. The Morgan fingerprint density at radius 1 is 0.800 bits per heavy atom. The first-order chi connectivity index (χ1) is 14.8. The molecule has 6 heterocycles. The van der Waals surface area contributed by atoms with E-state index in [0.717, 1.165) is 17.8 Å². The molecule has 2 aromatic carbocycles. The molecule has 8 aliphatic rings. The zero-order chi connectivity index (χ0) is 19.7. The topological polar surface area (TPSA) is 3.24 Å². The van der Waals surface area contributed by atoms with Gasteiger partial charge in [-0.05, 0) is 77.8 Å². The van der Waals surface area contributed by atoms with Crippen LogP contribution in [0.4, 0.5) is 0 Å². The molecule has 4 fully saturated rings. The molecule has 4 saturated heterocycles. The van der Waals surface area contributed by atoms with E-state index in [2.05, 4.69) is 59.1 Å². The second kappa shape index (κ2) is 7.14. The van der Waals surface area contributed by atoms with Crippen LogP contribution < -0.4 is 0 Å². The van der Waals surface area contributed by atoms with Crippen molar-refractivity contribution in [3.63, 3.8) is 0 Å². The normalized spacial score (nSPS) is 38.9. The molecule has 6 aliphatic heterocycles. The average molecular weight is 416 g/mol. The van der Waals surface area contributed by atoms with E-state index in [-0.39, 0.29) is 0 Å². The Bertz CT molecular complexity index is 965. The molecule has 156 valence electrons. The molecule has 0 amide bonds. The van der Waals surface area contributed by atoms with Gasteiger partial charge in [0, 0.05) is 29.5 Å². The molecule has 6 bridgehead atoms. The van der Waals surface area contributed by atoms with Gasteiger partial charge in [-0.3, -0.25) is 4.90 Å². The highest BCUT2D eigenvalue weighted by molar-refractivity contribution is 7.99. The van der Waals surface area contributed by atoms with Gasteiger partial charge in [0.15, 0.2) is 0 Å². The number of hydrogen-bond acceptors (Lipinski definition) is 2. The summed E-state index contributed by atoms with van der Waals surface area (Å²) < 4.78 is 0. The quantitative estimate of drug-likeness (QED) is 0.486. The molecular formula is C28H33NS. The highest BCUT2D eigenvalue weighted by Gasteiger charge is 2.42. The Labute approximate surface area is 185 Å². The molecule has 2 heteroatoms. The van der Waals surface area contributed by atoms with Gasteiger partial charge in [-0.1, -0.05) is 61.7 Å². The van der Waals surface area contributed by atoms with Crippen molar-refractivity contribution in [2.75, 3.05) is 18.8 Å². The molecule has 0 N–H and O–H groups in total. The third-order valence-electron chi connectivity index (χ3n) is 9.15. The van der Waals surface area contributed by atoms with E-state index in [1.54, 1.807) is 27.8 Å². The molecule has 1 nitrogen and oxygen atoms in total. The summed E-state index contributed by atoms with van der Waals surface area (Å²) in [6.45, 7) is 2.66. The Balaban J connectivity index is 1.29. The lowest BCUT2D eigenvalue weighted by molar-refractivity contribution is 0.0794. The van der Waals surface area contributed by atoms with Crippen LogP contribution in [0.2, 0.25) is 0 Å². The summed E-state index contributed by atoms with van der Waals surface area (Å²) in [6, 6.07) is 17.9. The lowest BCUT2D eigenvalue weighted by Gasteiger charge is -2.48. The first kappa shape index (κ1) is 18.3. The third-order valence-corrected chi connectivity index (χ3v) is 10.7. The SMILES string of the molecule is c1ccc2c(c1)C1CSC2C(c2ccc3c(c2)C2CC4CCCCC3CN2CC4)C1. The summed E-state index contributed by atoms with van der Waals surface area (Å²) in [5.41, 5.74) is 8.38. The summed E-state index contributed by atoms with van der Waals surface area (Å²) in [5, 5.41) is 0.665. The Morgan fingerprint density at radius 3 is 2.63 bits per heavy atom. The van der Waals surface area contributed by atoms with E-state index in [0.29, 0.717) is 17.2 Å². The second-order valence-electron chi connectivity index (χ2n) is 10.7. The van der Waals surface area contributed by atoms with Gasteiger partial charge in [-0.15, -0.1) is 0 Å². The van der Waals surface area contributed by atoms with Crippen LogP contribution in [0.3, 0.4) is 0 Å². The Morgan fingerprint density at radius 2 is 1.67 bits per heavy atom. The van der Waals surface area contributed by atoms with Crippen LogP contribution in [0, 0.1) is 5.92 Å². The maximum atomic E-state index is 2.87. The average Bonchev–Trinajstić information content (AvgIpc) is 2.83. The molecule has 0 radical (unpaired) electrons. The summed E-state index contributed by atoms with van der Waals surface area (Å²) in [4.78, 5) is 2.87. The first-order valence-corrected chi connectivity index (χ1v) is 13.5. The lowest BCUT2D eigenvalue weighted by atomic mass is 9.71. The van der Waals surface area contributed by atoms with Crippen LogP contribution >= 0.6 is 11.8 Å². The van der Waals surface area contributed by atoms with Crippen molar-refractivity contribution in [1.82, 2.24) is 4.90 Å². The number of nitrogens with zero attached hydrogens (tertiary/aromatic N) is 1. The monoisotopic (exact) mass is 415 g/mol. The summed E-state index contributed by atoms with van der Waals surface area (Å²) in [5.74, 6) is 4.52. The second-order valence-corrected chi connectivity index (χ2v) is 11.9. The van der Waals surface area contributed by atoms with Crippen LogP contribution in [0.5, 0.6) is 0 Å². The highest BCUT2D eigenvalue weighted by Crippen LogP contribution is 2.59. The smallest absolute Gasteiger partial charge is 0.0369 e. The van der Waals surface area contributed by atoms with Crippen molar-refractivity contribution in [2.45, 2.75) is 74.0 Å². The number of piperidine rings is 1. The lowest BCUT2D eigenvalue weighted by Crippen LogP contribution is -2.43. The van der Waals surface area contributed by atoms with Crippen molar-refractivity contribution < 1.29 is 0 Å². The van der Waals surface area contributed by atoms with Gasteiger partial charge in [0.25, 0.3) is 0 Å². The summed E-state index contributed by atoms with van der Waals surface area (Å²) >= 11 is 2.23. The molecular weight excluding hydrogens is 382 g/mol. The van der Waals surface area contributed by atoms with E-state index in [9.17, 15) is 0 Å². The van der Waals surface area contributed by atoms with Crippen LogP contribution in [0.15, 0.2) is 42.5 Å². The van der Waals surface area contributed by atoms with Crippen molar-refractivity contribution in [1.29, 1.82) is 0 Å². The number of fused-ring (bicyclic) bond motifs is 3. The van der Waals surface area contributed by atoms with Gasteiger partial charge < -0.3 is 0 Å². The highest BCUT2D eigenvalue weighted by atomic mass is 32.2. The van der Waals surface area contributed by atoms with Crippen molar-refractivity contribution in [3.05, 3.63) is 70.3 Å². The maximum Gasteiger partial charge on any atom is 0.0369 e. The van der Waals surface area contributed by atoms with E-state index in [4.69, 9.17) is 0 Å². The molecule has 30 heavy (non-hydrogen) atoms. The molecule has 2 aliphatic carbocycles. The minimum absolute atomic E-state index is 0.665. The van der Waals surface area contributed by atoms with E-state index in [1.807, 2.05) is 0 Å². The van der Waals surface area contributed by atoms with Gasteiger partial charge >= 0.3 is 0 Å². The van der Waals surface area contributed by atoms with Gasteiger partial charge in [0.2, 0.25) is 0 Å². The summed E-state index contributed by atoms with van der Waals surface area (Å²) in [6.07, 6.45) is 9.98. The van der Waals surface area contributed by atoms with Crippen LogP contribution in [-0.4, -0.2) is 23.7 Å². The number of rotatable bonds is 1. The zero-order valence-corrected chi connectivity index (χ0v) is 18.7. The summed E-state index contributed by atoms with van der Waals surface area (Å²) in [7, 11) is 0. The van der Waals surface area contributed by atoms with Gasteiger partial charge in [0.1, 0.15) is 0 Å². The molecule has 0 aromatic heterocycles. The number of thioether (sulfide) groups is 1. The first-order valence-electron chi connectivity index (χ1n) is 12.4. The Kier molecular flexibility index (Phi) is 4.36. The molecule has 2 aromatic rings. The van der Waals surface area contributed by atoms with E-state index < -0.39 is 0 Å². The molecule has 10 rings (SSSR count). The minimum atomic E-state index is 0.665. The van der Waals surface area contributed by atoms with Crippen molar-refractivity contribution >= 4 is 11.8 Å². The van der Waals surface area contributed by atoms with E-state index in [1.165, 1.54) is 63.8 Å². The van der Waals surface area contributed by atoms with Crippen LogP contribution in [0.1, 0.15) is 102 Å². The van der Waals surface area contributed by atoms with Crippen LogP contribution in [-0.2, 0) is 0 Å². The molecule has 0 spiro atoms. The Hall–Kier alpha value is -1.25. The van der Waals surface area contributed by atoms with Crippen molar-refractivity contribution in [2.24, 2.45) is 5.92 Å². The fourth-order valence-corrected chi connectivity index (χ4v) is 9.29. The fraction of sp³-hybridized carbons (Fsp3) is 0.571. The molecule has 7 atom stereocenters. The van der Waals surface area contributed by atoms with Gasteiger partial charge in [-0.25, -0.2) is 0 Å². The maximum absolute atomic E-state index is 2.87. The standard InChI is InChI=1S/C28H33NS/c1-2-6-20-16-29-12-11-18(5-1)13-27(29)26-14-19(9-10-23(20)26)25-15-21-17-30-28(25)24-8-4-3-7-22(21)24/h3-4,7-10,14,18,20-21,25,27-28H,1-2,5-6,11-13,15-17H2. The fourth-order valence-electron chi connectivity index (χ4n) is 7.64. The van der Waals surface area contributed by atoms with Crippen molar-refractivity contribution in [3.8, 4) is 0 Å². The predicted octanol–water partition coefficient (Wildman–Crippen LogP) is 7.17. The minimum Gasteiger partial charge on any atom is -0.296 e. The van der Waals surface area contributed by atoms with Gasteiger partial charge in [0.05, 0.1) is 0 Å². The van der Waals surface area contributed by atoms with Gasteiger partial charge in [-0.2, -0.15) is 11.8 Å². The molecule has 0 saturated carbocycles. The number of hydrogen-bond donors (Lipinski definition) is 0. The zero-order valence-electron chi connectivity index (χ0n) is 17.9.